The minimum atomic E-state index is 0.201. The molecule has 1 aliphatic heterocycles. The molecule has 1 N–H and O–H groups in total. The molecule has 1 fully saturated rings. The highest BCUT2D eigenvalue weighted by molar-refractivity contribution is 4.81. The monoisotopic (exact) mass is 237 g/mol. The molecule has 0 radical (unpaired) electrons. The number of hydrazine groups is 1. The van der Waals surface area contributed by atoms with Crippen molar-refractivity contribution in [3.05, 3.63) is 0 Å². The number of piperidine rings is 1. The summed E-state index contributed by atoms with van der Waals surface area (Å²) in [5.74, 6) is 0. The van der Waals surface area contributed by atoms with Gasteiger partial charge in [0, 0.05) is 25.0 Å². The minimum absolute atomic E-state index is 0.201. The second kappa shape index (κ2) is 6.37. The van der Waals surface area contributed by atoms with Crippen molar-refractivity contribution in [2.45, 2.75) is 71.9 Å². The van der Waals surface area contributed by atoms with Crippen LogP contribution in [0.4, 0.5) is 0 Å². The van der Waals surface area contributed by atoms with Gasteiger partial charge >= 0.3 is 0 Å². The molecule has 0 spiro atoms. The lowest BCUT2D eigenvalue weighted by molar-refractivity contribution is 0.0318. The third-order valence-corrected chi connectivity index (χ3v) is 3.85. The highest BCUT2D eigenvalue weighted by Gasteiger charge is 2.26. The maximum Gasteiger partial charge on any atom is 0.0621 e. The Morgan fingerprint density at radius 2 is 1.88 bits per heavy atom. The molecule has 3 nitrogen and oxygen atoms in total. The van der Waals surface area contributed by atoms with Crippen molar-refractivity contribution >= 4 is 0 Å². The van der Waals surface area contributed by atoms with E-state index < -0.39 is 0 Å². The van der Waals surface area contributed by atoms with Gasteiger partial charge in [0.15, 0.2) is 0 Å². The Morgan fingerprint density at radius 1 is 1.29 bits per heavy atom. The smallest absolute Gasteiger partial charge is 0.0621 e. The van der Waals surface area contributed by atoms with Gasteiger partial charge in [0.1, 0.15) is 0 Å². The standard InChI is InChI=1S/C14H27N3/c1-12-7-5-8-13(2)17(12)16-11-14(3,4)9-6-10-15/h12-13,16H,5-9,11H2,1-4H3. The summed E-state index contributed by atoms with van der Waals surface area (Å²) >= 11 is 0. The van der Waals surface area contributed by atoms with Crippen molar-refractivity contribution in [3.63, 3.8) is 0 Å². The van der Waals surface area contributed by atoms with Crippen LogP contribution >= 0.6 is 0 Å². The Kier molecular flexibility index (Phi) is 5.42. The van der Waals surface area contributed by atoms with Crippen molar-refractivity contribution in [1.82, 2.24) is 10.4 Å². The summed E-state index contributed by atoms with van der Waals surface area (Å²) in [4.78, 5) is 0. The van der Waals surface area contributed by atoms with Crippen LogP contribution in [-0.4, -0.2) is 23.6 Å². The van der Waals surface area contributed by atoms with Gasteiger partial charge < -0.3 is 0 Å². The number of nitriles is 1. The first-order valence-corrected chi connectivity index (χ1v) is 6.85. The fourth-order valence-corrected chi connectivity index (χ4v) is 2.52. The number of rotatable bonds is 5. The molecule has 17 heavy (non-hydrogen) atoms. The summed E-state index contributed by atoms with van der Waals surface area (Å²) in [7, 11) is 0. The van der Waals surface area contributed by atoms with Crippen molar-refractivity contribution in [2.75, 3.05) is 6.54 Å². The van der Waals surface area contributed by atoms with Gasteiger partial charge in [-0.15, -0.1) is 0 Å². The van der Waals surface area contributed by atoms with Crippen LogP contribution in [0.1, 0.15) is 59.8 Å². The van der Waals surface area contributed by atoms with Crippen molar-refractivity contribution in [2.24, 2.45) is 5.41 Å². The summed E-state index contributed by atoms with van der Waals surface area (Å²) < 4.78 is 0. The van der Waals surface area contributed by atoms with E-state index in [9.17, 15) is 0 Å². The second-order valence-corrected chi connectivity index (χ2v) is 6.19. The van der Waals surface area contributed by atoms with Gasteiger partial charge in [-0.1, -0.05) is 20.3 Å². The molecule has 3 heteroatoms. The van der Waals surface area contributed by atoms with Crippen LogP contribution in [0, 0.1) is 16.7 Å². The largest absolute Gasteiger partial charge is 0.254 e. The normalized spacial score (nSPS) is 26.8. The highest BCUT2D eigenvalue weighted by atomic mass is 15.5. The molecule has 0 bridgehead atoms. The molecule has 0 aromatic carbocycles. The summed E-state index contributed by atoms with van der Waals surface area (Å²) in [6.45, 7) is 10.0. The molecule has 0 saturated carbocycles. The van der Waals surface area contributed by atoms with Gasteiger partial charge in [0.2, 0.25) is 0 Å². The summed E-state index contributed by atoms with van der Waals surface area (Å²) in [5, 5.41) is 11.1. The Balaban J connectivity index is 2.40. The first-order valence-electron chi connectivity index (χ1n) is 6.85. The van der Waals surface area contributed by atoms with Crippen LogP contribution in [0.2, 0.25) is 0 Å². The zero-order valence-electron chi connectivity index (χ0n) is 11.8. The quantitative estimate of drug-likeness (QED) is 0.798. The predicted molar refractivity (Wildman–Crippen MR) is 71.2 cm³/mol. The fraction of sp³-hybridized carbons (Fsp3) is 0.929. The van der Waals surface area contributed by atoms with E-state index in [1.54, 1.807) is 0 Å². The first kappa shape index (κ1) is 14.5. The maximum atomic E-state index is 8.65. The molecule has 2 atom stereocenters. The lowest BCUT2D eigenvalue weighted by Crippen LogP contribution is -2.54. The Labute approximate surface area is 106 Å². The Hall–Kier alpha value is -0.590. The van der Waals surface area contributed by atoms with Crippen LogP contribution in [0.25, 0.3) is 0 Å². The Bertz CT molecular complexity index is 257. The van der Waals surface area contributed by atoms with E-state index in [0.29, 0.717) is 18.5 Å². The maximum absolute atomic E-state index is 8.65. The van der Waals surface area contributed by atoms with E-state index in [4.69, 9.17) is 5.26 Å². The average Bonchev–Trinajstić information content (AvgIpc) is 2.26. The molecule has 0 aliphatic carbocycles. The van der Waals surface area contributed by atoms with Crippen LogP contribution in [-0.2, 0) is 0 Å². The molecule has 2 unspecified atom stereocenters. The fourth-order valence-electron chi connectivity index (χ4n) is 2.52. The molecule has 1 aliphatic rings. The second-order valence-electron chi connectivity index (χ2n) is 6.19. The third kappa shape index (κ3) is 4.65. The number of hydrogen-bond acceptors (Lipinski definition) is 3. The third-order valence-electron chi connectivity index (χ3n) is 3.85. The number of nitrogens with zero attached hydrogens (tertiary/aromatic N) is 2. The number of nitrogens with one attached hydrogen (secondary N) is 1. The van der Waals surface area contributed by atoms with Crippen molar-refractivity contribution in [1.29, 1.82) is 5.26 Å². The molecule has 98 valence electrons. The van der Waals surface area contributed by atoms with Gasteiger partial charge in [-0.25, -0.2) is 5.01 Å². The minimum Gasteiger partial charge on any atom is -0.254 e. The molecule has 1 saturated heterocycles. The van der Waals surface area contributed by atoms with Gasteiger partial charge in [0.05, 0.1) is 6.07 Å². The predicted octanol–water partition coefficient (Wildman–Crippen LogP) is 3.08. The molecular formula is C14H27N3. The van der Waals surface area contributed by atoms with Crippen molar-refractivity contribution in [3.8, 4) is 6.07 Å². The van der Waals surface area contributed by atoms with Gasteiger partial charge in [-0.2, -0.15) is 5.26 Å². The number of hydrogen-bond donors (Lipinski definition) is 1. The summed E-state index contributed by atoms with van der Waals surface area (Å²) in [6, 6.07) is 3.50. The summed E-state index contributed by atoms with van der Waals surface area (Å²) in [6.07, 6.45) is 5.54. The Morgan fingerprint density at radius 3 is 2.41 bits per heavy atom. The summed E-state index contributed by atoms with van der Waals surface area (Å²) in [5.41, 5.74) is 3.80. The van der Waals surface area contributed by atoms with Crippen LogP contribution < -0.4 is 5.43 Å². The van der Waals surface area contributed by atoms with E-state index in [1.807, 2.05) is 0 Å². The molecule has 1 heterocycles. The van der Waals surface area contributed by atoms with Crippen LogP contribution in [0.15, 0.2) is 0 Å². The molecule has 0 aromatic heterocycles. The van der Waals surface area contributed by atoms with E-state index in [2.05, 4.69) is 44.2 Å². The van der Waals surface area contributed by atoms with Gasteiger partial charge in [0.25, 0.3) is 0 Å². The lowest BCUT2D eigenvalue weighted by atomic mass is 9.88. The molecular weight excluding hydrogens is 210 g/mol. The zero-order chi connectivity index (χ0) is 12.9. The SMILES string of the molecule is CC1CCCC(C)N1NCC(C)(C)CCC#N. The molecule has 1 rings (SSSR count). The van der Waals surface area contributed by atoms with E-state index in [1.165, 1.54) is 19.3 Å². The van der Waals surface area contributed by atoms with Gasteiger partial charge in [-0.05, 0) is 38.5 Å². The van der Waals surface area contributed by atoms with Crippen LogP contribution in [0.5, 0.6) is 0 Å². The van der Waals surface area contributed by atoms with Crippen molar-refractivity contribution < 1.29 is 0 Å². The molecule has 0 aromatic rings. The van der Waals surface area contributed by atoms with E-state index >= 15 is 0 Å². The van der Waals surface area contributed by atoms with E-state index in [0.717, 1.165) is 13.0 Å². The first-order chi connectivity index (χ1) is 7.96. The zero-order valence-corrected chi connectivity index (χ0v) is 11.8. The van der Waals surface area contributed by atoms with E-state index in [-0.39, 0.29) is 5.41 Å². The van der Waals surface area contributed by atoms with Gasteiger partial charge in [-0.3, -0.25) is 5.43 Å². The highest BCUT2D eigenvalue weighted by Crippen LogP contribution is 2.24. The topological polar surface area (TPSA) is 39.1 Å². The average molecular weight is 237 g/mol. The van der Waals surface area contributed by atoms with Crippen LogP contribution in [0.3, 0.4) is 0 Å². The molecule has 0 amide bonds. The lowest BCUT2D eigenvalue weighted by Gasteiger charge is -2.41.